The largest absolute Gasteiger partial charge is 0.440 e. The topological polar surface area (TPSA) is 38.1 Å². The summed E-state index contributed by atoms with van der Waals surface area (Å²) in [4.78, 5) is 4.06. The van der Waals surface area contributed by atoms with E-state index in [9.17, 15) is 13.2 Å². The molecule has 1 heterocycles. The molecule has 2 atom stereocenters. The van der Waals surface area contributed by atoms with E-state index in [0.717, 1.165) is 12.8 Å². The summed E-state index contributed by atoms with van der Waals surface area (Å²) in [7, 11) is 0. The number of nitrogens with zero attached hydrogens (tertiary/aromatic N) is 1. The van der Waals surface area contributed by atoms with Crippen molar-refractivity contribution in [1.82, 2.24) is 10.3 Å². The van der Waals surface area contributed by atoms with Gasteiger partial charge in [0.15, 0.2) is 11.5 Å². The second-order valence-electron chi connectivity index (χ2n) is 6.57. The summed E-state index contributed by atoms with van der Waals surface area (Å²) in [5.74, 6) is 0.921. The number of aromatic nitrogens is 1. The maximum Gasteiger partial charge on any atom is 0.420 e. The molecule has 1 N–H and O–H groups in total. The van der Waals surface area contributed by atoms with Crippen LogP contribution in [0.1, 0.15) is 49.6 Å². The van der Waals surface area contributed by atoms with Crippen molar-refractivity contribution in [3.63, 3.8) is 0 Å². The number of halogens is 3. The number of rotatable bonds is 3. The summed E-state index contributed by atoms with van der Waals surface area (Å²) >= 11 is 0. The van der Waals surface area contributed by atoms with E-state index < -0.39 is 11.7 Å². The maximum atomic E-state index is 13.2. The van der Waals surface area contributed by atoms with Gasteiger partial charge in [0.25, 0.3) is 0 Å². The van der Waals surface area contributed by atoms with Gasteiger partial charge < -0.3 is 9.73 Å². The third kappa shape index (κ3) is 3.68. The van der Waals surface area contributed by atoms with Gasteiger partial charge in [0.1, 0.15) is 11.1 Å². The molecule has 23 heavy (non-hydrogen) atoms. The van der Waals surface area contributed by atoms with E-state index in [0.29, 0.717) is 24.1 Å². The van der Waals surface area contributed by atoms with Crippen LogP contribution < -0.4 is 5.32 Å². The Morgan fingerprint density at radius 3 is 2.78 bits per heavy atom. The fourth-order valence-electron chi connectivity index (χ4n) is 3.40. The molecule has 1 fully saturated rings. The zero-order valence-electron chi connectivity index (χ0n) is 13.3. The molecule has 3 nitrogen and oxygen atoms in total. The average molecular weight is 326 g/mol. The lowest BCUT2D eigenvalue weighted by atomic mass is 9.87. The molecule has 0 aliphatic heterocycles. The van der Waals surface area contributed by atoms with Crippen LogP contribution in [0.5, 0.6) is 0 Å². The van der Waals surface area contributed by atoms with Crippen LogP contribution in [0.3, 0.4) is 0 Å². The lowest BCUT2D eigenvalue weighted by Gasteiger charge is -2.27. The highest BCUT2D eigenvalue weighted by Gasteiger charge is 2.35. The van der Waals surface area contributed by atoms with Gasteiger partial charge in [0.2, 0.25) is 0 Å². The zero-order chi connectivity index (χ0) is 16.6. The Balaban J connectivity index is 1.83. The Hall–Kier alpha value is -1.56. The third-order valence-electron chi connectivity index (χ3n) is 4.49. The first-order valence-corrected chi connectivity index (χ1v) is 8.03. The molecule has 126 valence electrons. The first kappa shape index (κ1) is 16.3. The van der Waals surface area contributed by atoms with E-state index in [-0.39, 0.29) is 17.0 Å². The first-order chi connectivity index (χ1) is 10.8. The Labute approximate surface area is 133 Å². The van der Waals surface area contributed by atoms with E-state index in [1.165, 1.54) is 18.9 Å². The van der Waals surface area contributed by atoms with Gasteiger partial charge >= 0.3 is 6.18 Å². The standard InChI is InChI=1S/C17H21F3N2O/c1-10-4-3-5-13(6-10)21-9-12-7-14(17(18,19)20)16-15(8-12)22-11(2)23-16/h7-8,10,13,21H,3-6,9H2,1-2H3/t10-,13+/m0/s1. The van der Waals surface area contributed by atoms with Gasteiger partial charge in [-0.15, -0.1) is 0 Å². The molecule has 2 aromatic rings. The van der Waals surface area contributed by atoms with Crippen LogP contribution in [0.15, 0.2) is 16.5 Å². The summed E-state index contributed by atoms with van der Waals surface area (Å²) in [5.41, 5.74) is -0.0584. The summed E-state index contributed by atoms with van der Waals surface area (Å²) in [6.07, 6.45) is 0.132. The summed E-state index contributed by atoms with van der Waals surface area (Å²) < 4.78 is 44.9. The molecular weight excluding hydrogens is 305 g/mol. The van der Waals surface area contributed by atoms with Crippen molar-refractivity contribution in [2.24, 2.45) is 5.92 Å². The maximum absolute atomic E-state index is 13.2. The van der Waals surface area contributed by atoms with Crippen molar-refractivity contribution in [3.05, 3.63) is 29.2 Å². The van der Waals surface area contributed by atoms with Crippen molar-refractivity contribution in [3.8, 4) is 0 Å². The molecule has 3 rings (SSSR count). The molecule has 0 amide bonds. The predicted molar refractivity (Wildman–Crippen MR) is 82.0 cm³/mol. The summed E-state index contributed by atoms with van der Waals surface area (Å²) in [6, 6.07) is 3.23. The van der Waals surface area contributed by atoms with Crippen LogP contribution in [0, 0.1) is 12.8 Å². The molecule has 1 saturated carbocycles. The average Bonchev–Trinajstić information content (AvgIpc) is 2.83. The molecule has 0 radical (unpaired) electrons. The van der Waals surface area contributed by atoms with E-state index >= 15 is 0 Å². The number of alkyl halides is 3. The molecular formula is C17H21F3N2O. The molecule has 0 bridgehead atoms. The highest BCUT2D eigenvalue weighted by Crippen LogP contribution is 2.36. The SMILES string of the molecule is Cc1nc2cc(CN[C@@H]3CCC[C@H](C)C3)cc(C(F)(F)F)c2o1. The second-order valence-corrected chi connectivity index (χ2v) is 6.57. The van der Waals surface area contributed by atoms with Crippen LogP contribution in [0.25, 0.3) is 11.1 Å². The van der Waals surface area contributed by atoms with Crippen molar-refractivity contribution in [2.45, 2.75) is 58.3 Å². The van der Waals surface area contributed by atoms with Gasteiger partial charge in [-0.2, -0.15) is 13.2 Å². The van der Waals surface area contributed by atoms with Crippen molar-refractivity contribution < 1.29 is 17.6 Å². The van der Waals surface area contributed by atoms with E-state index in [1.807, 2.05) is 0 Å². The molecule has 0 spiro atoms. The molecule has 1 aliphatic carbocycles. The van der Waals surface area contributed by atoms with Gasteiger partial charge in [-0.25, -0.2) is 4.98 Å². The number of fused-ring (bicyclic) bond motifs is 1. The van der Waals surface area contributed by atoms with Crippen LogP contribution in [-0.4, -0.2) is 11.0 Å². The number of hydrogen-bond acceptors (Lipinski definition) is 3. The first-order valence-electron chi connectivity index (χ1n) is 8.03. The number of aryl methyl sites for hydroxylation is 1. The molecule has 1 aromatic carbocycles. The van der Waals surface area contributed by atoms with Gasteiger partial charge in [-0.1, -0.05) is 19.8 Å². The second kappa shape index (κ2) is 6.15. The van der Waals surface area contributed by atoms with Gasteiger partial charge in [0.05, 0.1) is 0 Å². The Morgan fingerprint density at radius 2 is 2.09 bits per heavy atom. The van der Waals surface area contributed by atoms with E-state index in [1.54, 1.807) is 13.0 Å². The molecule has 1 aliphatic rings. The third-order valence-corrected chi connectivity index (χ3v) is 4.49. The summed E-state index contributed by atoms with van der Waals surface area (Å²) in [5, 5.41) is 3.39. The highest BCUT2D eigenvalue weighted by molar-refractivity contribution is 5.78. The van der Waals surface area contributed by atoms with Crippen LogP contribution in [0.4, 0.5) is 13.2 Å². The number of oxazole rings is 1. The molecule has 0 saturated heterocycles. The molecule has 0 unspecified atom stereocenters. The Kier molecular flexibility index (Phi) is 4.36. The van der Waals surface area contributed by atoms with Crippen molar-refractivity contribution in [1.29, 1.82) is 0 Å². The lowest BCUT2D eigenvalue weighted by molar-refractivity contribution is -0.136. The quantitative estimate of drug-likeness (QED) is 0.878. The van der Waals surface area contributed by atoms with Crippen LogP contribution in [0.2, 0.25) is 0 Å². The predicted octanol–water partition coefficient (Wildman–Crippen LogP) is 4.82. The minimum atomic E-state index is -4.44. The Morgan fingerprint density at radius 1 is 1.30 bits per heavy atom. The monoisotopic (exact) mass is 326 g/mol. The molecule has 1 aromatic heterocycles. The van der Waals surface area contributed by atoms with Gasteiger partial charge in [0, 0.05) is 19.5 Å². The fraction of sp³-hybridized carbons (Fsp3) is 0.588. The zero-order valence-corrected chi connectivity index (χ0v) is 13.3. The van der Waals surface area contributed by atoms with E-state index in [4.69, 9.17) is 4.42 Å². The number of nitrogens with one attached hydrogen (secondary N) is 1. The summed E-state index contributed by atoms with van der Waals surface area (Å²) in [6.45, 7) is 4.20. The van der Waals surface area contributed by atoms with Gasteiger partial charge in [-0.05, 0) is 36.5 Å². The number of hydrogen-bond donors (Lipinski definition) is 1. The highest BCUT2D eigenvalue weighted by atomic mass is 19.4. The number of benzene rings is 1. The van der Waals surface area contributed by atoms with E-state index in [2.05, 4.69) is 17.2 Å². The molecule has 6 heteroatoms. The fourth-order valence-corrected chi connectivity index (χ4v) is 3.40. The van der Waals surface area contributed by atoms with Gasteiger partial charge in [-0.3, -0.25) is 0 Å². The normalized spacial score (nSPS) is 22.7. The Bertz CT molecular complexity index is 693. The van der Waals surface area contributed by atoms with Crippen LogP contribution in [-0.2, 0) is 12.7 Å². The van der Waals surface area contributed by atoms with Crippen molar-refractivity contribution in [2.75, 3.05) is 0 Å². The smallest absolute Gasteiger partial charge is 0.420 e. The lowest BCUT2D eigenvalue weighted by Crippen LogP contribution is -2.33. The van der Waals surface area contributed by atoms with Crippen LogP contribution >= 0.6 is 0 Å². The minimum absolute atomic E-state index is 0.176. The van der Waals surface area contributed by atoms with Crippen molar-refractivity contribution >= 4 is 11.1 Å². The minimum Gasteiger partial charge on any atom is -0.440 e.